The normalized spacial score (nSPS) is 16.4. The van der Waals surface area contributed by atoms with Gasteiger partial charge in [-0.2, -0.15) is 0 Å². The van der Waals surface area contributed by atoms with Crippen molar-refractivity contribution >= 4 is 23.7 Å². The van der Waals surface area contributed by atoms with Gasteiger partial charge in [-0.15, -0.1) is 0 Å². The van der Waals surface area contributed by atoms with Gasteiger partial charge in [-0.3, -0.25) is 19.3 Å². The second kappa shape index (κ2) is 16.6. The van der Waals surface area contributed by atoms with Crippen molar-refractivity contribution in [3.8, 4) is 5.75 Å². The van der Waals surface area contributed by atoms with Crippen molar-refractivity contribution in [3.05, 3.63) is 107 Å². The van der Waals surface area contributed by atoms with Gasteiger partial charge in [0.05, 0.1) is 18.2 Å². The molecule has 1 heterocycles. The number of ketones is 1. The van der Waals surface area contributed by atoms with Crippen LogP contribution in [0.1, 0.15) is 34.0 Å². The first-order valence-corrected chi connectivity index (χ1v) is 15.3. The number of nitrogens with one attached hydrogen (secondary N) is 3. The molecule has 0 bridgehead atoms. The van der Waals surface area contributed by atoms with Crippen molar-refractivity contribution in [1.29, 1.82) is 0 Å². The Morgan fingerprint density at radius 2 is 1.53 bits per heavy atom. The lowest BCUT2D eigenvalue weighted by Gasteiger charge is -2.26. The molecule has 4 atom stereocenters. The fourth-order valence-electron chi connectivity index (χ4n) is 5.24. The Hall–Kier alpha value is -4.35. The number of nitrogens with two attached hydrogens (primary N) is 1. The summed E-state index contributed by atoms with van der Waals surface area (Å²) in [4.78, 5) is 42.9. The maximum Gasteiger partial charge on any atom is 0.245 e. The van der Waals surface area contributed by atoms with E-state index in [-0.39, 0.29) is 24.4 Å². The molecular formula is C35H43N5O5. The van der Waals surface area contributed by atoms with Crippen molar-refractivity contribution in [2.24, 2.45) is 5.73 Å². The van der Waals surface area contributed by atoms with E-state index in [0.717, 1.165) is 49.4 Å². The number of benzene rings is 3. The average Bonchev–Trinajstić information content (AvgIpc) is 3.05. The van der Waals surface area contributed by atoms with Crippen LogP contribution in [0.4, 0.5) is 0 Å². The largest absolute Gasteiger partial charge is 0.508 e. The number of piperazine rings is 1. The number of nitrogens with zero attached hydrogens (tertiary/aromatic N) is 1. The monoisotopic (exact) mass is 613 g/mol. The van der Waals surface area contributed by atoms with E-state index in [1.807, 2.05) is 54.6 Å². The summed E-state index contributed by atoms with van der Waals surface area (Å²) in [6, 6.07) is 19.6. The Kier molecular flexibility index (Phi) is 12.4. The van der Waals surface area contributed by atoms with Gasteiger partial charge in [0, 0.05) is 44.7 Å². The molecule has 10 heteroatoms. The predicted octanol–water partition coefficient (Wildman–Crippen LogP) is 1.66. The third-order valence-corrected chi connectivity index (χ3v) is 7.80. The third-order valence-electron chi connectivity index (χ3n) is 7.80. The Morgan fingerprint density at radius 1 is 0.889 bits per heavy atom. The summed E-state index contributed by atoms with van der Waals surface area (Å²) < 4.78 is 0. The van der Waals surface area contributed by atoms with E-state index >= 15 is 0 Å². The number of Topliss-reactive ketones (excluding diaryl/α,β-unsaturated/α-hetero) is 1. The van der Waals surface area contributed by atoms with Gasteiger partial charge in [-0.1, -0.05) is 78.9 Å². The molecule has 0 aromatic heterocycles. The fraction of sp³-hybridized carbons (Fsp3) is 0.343. The first kappa shape index (κ1) is 33.5. The molecule has 1 aliphatic rings. The van der Waals surface area contributed by atoms with E-state index in [1.165, 1.54) is 19.1 Å². The Bertz CT molecular complexity index is 1440. The number of phenolic OH excluding ortho intramolecular Hbond substituents is 1. The second-order valence-electron chi connectivity index (χ2n) is 11.4. The summed E-state index contributed by atoms with van der Waals surface area (Å²) in [6.45, 7) is 5.96. The first-order valence-electron chi connectivity index (χ1n) is 15.3. The molecule has 1 unspecified atom stereocenters. The first-order chi connectivity index (χ1) is 21.7. The Morgan fingerprint density at radius 3 is 2.22 bits per heavy atom. The minimum atomic E-state index is -1.34. The van der Waals surface area contributed by atoms with E-state index in [0.29, 0.717) is 5.56 Å². The van der Waals surface area contributed by atoms with Crippen LogP contribution in [0.15, 0.2) is 84.9 Å². The topological polar surface area (TPSA) is 157 Å². The molecule has 0 aliphatic carbocycles. The highest BCUT2D eigenvalue weighted by Gasteiger charge is 2.32. The minimum Gasteiger partial charge on any atom is -0.508 e. The van der Waals surface area contributed by atoms with Crippen molar-refractivity contribution in [2.75, 3.05) is 32.7 Å². The van der Waals surface area contributed by atoms with E-state index < -0.39 is 36.0 Å². The number of carbonyl (C=O) groups excluding carboxylic acids is 3. The van der Waals surface area contributed by atoms with Crippen LogP contribution in [0.3, 0.4) is 0 Å². The fourth-order valence-corrected chi connectivity index (χ4v) is 5.24. The van der Waals surface area contributed by atoms with Crippen LogP contribution in [0.2, 0.25) is 0 Å². The Balaban J connectivity index is 1.50. The van der Waals surface area contributed by atoms with E-state index in [2.05, 4.69) is 20.9 Å². The van der Waals surface area contributed by atoms with Gasteiger partial charge in [0.2, 0.25) is 11.8 Å². The molecule has 4 rings (SSSR count). The Labute approximate surface area is 264 Å². The highest BCUT2D eigenvalue weighted by Crippen LogP contribution is 2.17. The summed E-state index contributed by atoms with van der Waals surface area (Å²) in [5.74, 6) is -1.52. The highest BCUT2D eigenvalue weighted by molar-refractivity contribution is 6.05. The summed E-state index contributed by atoms with van der Waals surface area (Å²) >= 11 is 0. The smallest absolute Gasteiger partial charge is 0.245 e. The molecule has 3 aromatic rings. The van der Waals surface area contributed by atoms with Gasteiger partial charge in [0.25, 0.3) is 0 Å². The van der Waals surface area contributed by atoms with Crippen LogP contribution in [0.5, 0.6) is 5.75 Å². The molecule has 1 fully saturated rings. The quantitative estimate of drug-likeness (QED) is 0.150. The molecule has 0 radical (unpaired) electrons. The van der Waals surface area contributed by atoms with E-state index in [9.17, 15) is 24.6 Å². The van der Waals surface area contributed by atoms with Crippen molar-refractivity contribution in [1.82, 2.24) is 20.9 Å². The molecule has 238 valence electrons. The molecule has 7 N–H and O–H groups in total. The van der Waals surface area contributed by atoms with Crippen LogP contribution in [0, 0.1) is 0 Å². The van der Waals surface area contributed by atoms with Gasteiger partial charge >= 0.3 is 0 Å². The number of amides is 2. The zero-order chi connectivity index (χ0) is 32.2. The highest BCUT2D eigenvalue weighted by atomic mass is 16.3. The maximum atomic E-state index is 14.1. The minimum absolute atomic E-state index is 0.0936. The number of carbonyl (C=O) groups is 3. The molecule has 2 amide bonds. The summed E-state index contributed by atoms with van der Waals surface area (Å²) in [7, 11) is 0. The third kappa shape index (κ3) is 10.1. The molecule has 1 saturated heterocycles. The van der Waals surface area contributed by atoms with Gasteiger partial charge in [-0.25, -0.2) is 0 Å². The molecular weight excluding hydrogens is 570 g/mol. The molecule has 1 aliphatic heterocycles. The van der Waals surface area contributed by atoms with Gasteiger partial charge in [0.1, 0.15) is 11.8 Å². The van der Waals surface area contributed by atoms with Crippen molar-refractivity contribution in [2.45, 2.75) is 44.0 Å². The molecule has 0 saturated carbocycles. The number of hydrogen-bond acceptors (Lipinski definition) is 8. The molecule has 45 heavy (non-hydrogen) atoms. The standard InChI is InChI=1S/C35H43N5O5/c1-24(41)32(39-34(44)30(36)22-26-13-15-28(42)16-14-26)35(45)38-31(23-25-8-3-2-4-9-25)33(43)29-12-6-5-10-27(29)11-7-19-40-20-17-37-18-21-40/h2-16,24,30-32,37,41-42H,17-23,36H2,1H3,(H,38,45)(H,39,44)/b11-7+/t24?,30-,31-,32+/m0/s1. The number of hydrogen-bond donors (Lipinski definition) is 6. The van der Waals surface area contributed by atoms with Crippen LogP contribution in [-0.2, 0) is 22.4 Å². The number of aliphatic hydroxyl groups is 1. The van der Waals surface area contributed by atoms with Gasteiger partial charge in [0.15, 0.2) is 5.78 Å². The SMILES string of the molecule is CC(O)[C@@H](NC(=O)[C@@H](N)Cc1ccc(O)cc1)C(=O)N[C@@H](Cc1ccccc1)C(=O)c1ccccc1/C=C/CN1CCNCC1. The number of aliphatic hydroxyl groups excluding tert-OH is 1. The summed E-state index contributed by atoms with van der Waals surface area (Å²) in [5, 5.41) is 28.7. The maximum absolute atomic E-state index is 14.1. The number of aromatic hydroxyl groups is 1. The van der Waals surface area contributed by atoms with E-state index in [4.69, 9.17) is 5.73 Å². The van der Waals surface area contributed by atoms with Crippen LogP contribution in [-0.4, -0.2) is 89.7 Å². The lowest BCUT2D eigenvalue weighted by atomic mass is 9.93. The summed E-state index contributed by atoms with van der Waals surface area (Å²) in [6.07, 6.45) is 3.09. The van der Waals surface area contributed by atoms with Gasteiger partial charge < -0.3 is 31.9 Å². The lowest BCUT2D eigenvalue weighted by Crippen LogP contribution is -2.58. The number of rotatable bonds is 14. The lowest BCUT2D eigenvalue weighted by molar-refractivity contribution is -0.132. The molecule has 10 nitrogen and oxygen atoms in total. The number of phenols is 1. The second-order valence-corrected chi connectivity index (χ2v) is 11.4. The van der Waals surface area contributed by atoms with Crippen LogP contribution < -0.4 is 21.7 Å². The molecule has 0 spiro atoms. The van der Waals surface area contributed by atoms with Crippen LogP contribution in [0.25, 0.3) is 6.08 Å². The average molecular weight is 614 g/mol. The predicted molar refractivity (Wildman–Crippen MR) is 175 cm³/mol. The molecule has 3 aromatic carbocycles. The van der Waals surface area contributed by atoms with Crippen LogP contribution >= 0.6 is 0 Å². The van der Waals surface area contributed by atoms with Crippen molar-refractivity contribution < 1.29 is 24.6 Å². The summed E-state index contributed by atoms with van der Waals surface area (Å²) in [5.41, 5.74) is 8.88. The van der Waals surface area contributed by atoms with E-state index in [1.54, 1.807) is 24.3 Å². The zero-order valence-corrected chi connectivity index (χ0v) is 25.6. The zero-order valence-electron chi connectivity index (χ0n) is 25.6. The van der Waals surface area contributed by atoms with Gasteiger partial charge in [-0.05, 0) is 42.2 Å². The van der Waals surface area contributed by atoms with Crippen molar-refractivity contribution in [3.63, 3.8) is 0 Å².